The highest BCUT2D eigenvalue weighted by Gasteiger charge is 2.23. The van der Waals surface area contributed by atoms with Crippen molar-refractivity contribution < 1.29 is 9.59 Å². The maximum atomic E-state index is 12.5. The Balaban J connectivity index is 1.35. The zero-order chi connectivity index (χ0) is 19.6. The summed E-state index contributed by atoms with van der Waals surface area (Å²) in [5.41, 5.74) is 1.20. The molecule has 3 rings (SSSR count). The smallest absolute Gasteiger partial charge is 0.232 e. The van der Waals surface area contributed by atoms with Gasteiger partial charge in [-0.25, -0.2) is 0 Å². The van der Waals surface area contributed by atoms with Crippen LogP contribution in [0.25, 0.3) is 6.08 Å². The molecule has 0 radical (unpaired) electrons. The second-order valence-corrected chi connectivity index (χ2v) is 7.93. The summed E-state index contributed by atoms with van der Waals surface area (Å²) >= 11 is 0. The SMILES string of the molecule is O=C(CC(=O)N1CCN(C/C=C/c2ccccc2)CC1)NC1CCCCCC1. The first-order valence-electron chi connectivity index (χ1n) is 10.7. The third-order valence-corrected chi connectivity index (χ3v) is 5.73. The Kier molecular flexibility index (Phi) is 8.09. The Labute approximate surface area is 168 Å². The van der Waals surface area contributed by atoms with E-state index >= 15 is 0 Å². The van der Waals surface area contributed by atoms with Crippen LogP contribution in [-0.4, -0.2) is 60.4 Å². The molecule has 0 atom stereocenters. The number of nitrogens with one attached hydrogen (secondary N) is 1. The molecule has 1 heterocycles. The van der Waals surface area contributed by atoms with Crippen molar-refractivity contribution in [2.75, 3.05) is 32.7 Å². The van der Waals surface area contributed by atoms with Crippen LogP contribution in [0.15, 0.2) is 36.4 Å². The number of hydrogen-bond donors (Lipinski definition) is 1. The molecule has 152 valence electrons. The third kappa shape index (κ3) is 6.79. The molecule has 1 saturated carbocycles. The van der Waals surface area contributed by atoms with Crippen LogP contribution in [0, 0.1) is 0 Å². The Morgan fingerprint density at radius 1 is 0.964 bits per heavy atom. The first-order chi connectivity index (χ1) is 13.7. The van der Waals surface area contributed by atoms with Crippen molar-refractivity contribution >= 4 is 17.9 Å². The predicted octanol–water partition coefficient (Wildman–Crippen LogP) is 3.07. The van der Waals surface area contributed by atoms with Gasteiger partial charge in [0.25, 0.3) is 0 Å². The van der Waals surface area contributed by atoms with Crippen molar-refractivity contribution in [3.05, 3.63) is 42.0 Å². The normalized spacial score (nSPS) is 19.5. The minimum Gasteiger partial charge on any atom is -0.353 e. The molecular formula is C23H33N3O2. The molecule has 1 saturated heterocycles. The van der Waals surface area contributed by atoms with Gasteiger partial charge in [0.05, 0.1) is 0 Å². The molecule has 2 aliphatic rings. The van der Waals surface area contributed by atoms with E-state index in [2.05, 4.69) is 34.5 Å². The van der Waals surface area contributed by atoms with E-state index in [1.807, 2.05) is 23.1 Å². The predicted molar refractivity (Wildman–Crippen MR) is 113 cm³/mol. The highest BCUT2D eigenvalue weighted by atomic mass is 16.2. The molecule has 0 bridgehead atoms. The van der Waals surface area contributed by atoms with Gasteiger partial charge in [-0.2, -0.15) is 0 Å². The monoisotopic (exact) mass is 383 g/mol. The molecular weight excluding hydrogens is 350 g/mol. The van der Waals surface area contributed by atoms with Gasteiger partial charge in [0, 0.05) is 38.8 Å². The average Bonchev–Trinajstić information content (AvgIpc) is 2.98. The summed E-state index contributed by atoms with van der Waals surface area (Å²) in [6.45, 7) is 4.01. The van der Waals surface area contributed by atoms with E-state index in [9.17, 15) is 9.59 Å². The van der Waals surface area contributed by atoms with E-state index in [1.54, 1.807) is 0 Å². The summed E-state index contributed by atoms with van der Waals surface area (Å²) in [5.74, 6) is -0.143. The number of hydrogen-bond acceptors (Lipinski definition) is 3. The van der Waals surface area contributed by atoms with E-state index in [1.165, 1.54) is 31.2 Å². The van der Waals surface area contributed by atoms with Gasteiger partial charge in [-0.1, -0.05) is 68.2 Å². The maximum absolute atomic E-state index is 12.5. The summed E-state index contributed by atoms with van der Waals surface area (Å²) in [7, 11) is 0. The molecule has 0 aromatic heterocycles. The number of piperazine rings is 1. The lowest BCUT2D eigenvalue weighted by atomic mass is 10.1. The second-order valence-electron chi connectivity index (χ2n) is 7.93. The largest absolute Gasteiger partial charge is 0.353 e. The van der Waals surface area contributed by atoms with Crippen LogP contribution in [0.2, 0.25) is 0 Å². The Hall–Kier alpha value is -2.14. The molecule has 1 N–H and O–H groups in total. The van der Waals surface area contributed by atoms with E-state index in [0.717, 1.165) is 32.5 Å². The van der Waals surface area contributed by atoms with Crippen LogP contribution in [0.5, 0.6) is 0 Å². The average molecular weight is 384 g/mol. The number of amides is 2. The van der Waals surface area contributed by atoms with Crippen LogP contribution < -0.4 is 5.32 Å². The molecule has 5 nitrogen and oxygen atoms in total. The molecule has 0 spiro atoms. The lowest BCUT2D eigenvalue weighted by Crippen LogP contribution is -2.49. The van der Waals surface area contributed by atoms with Crippen LogP contribution in [-0.2, 0) is 9.59 Å². The van der Waals surface area contributed by atoms with Gasteiger partial charge in [0.15, 0.2) is 0 Å². The topological polar surface area (TPSA) is 52.7 Å². The van der Waals surface area contributed by atoms with Crippen molar-refractivity contribution in [2.45, 2.75) is 51.0 Å². The van der Waals surface area contributed by atoms with Crippen molar-refractivity contribution in [1.29, 1.82) is 0 Å². The lowest BCUT2D eigenvalue weighted by Gasteiger charge is -2.34. The molecule has 5 heteroatoms. The minimum absolute atomic E-state index is 0.00951. The van der Waals surface area contributed by atoms with E-state index in [0.29, 0.717) is 13.1 Å². The van der Waals surface area contributed by atoms with Crippen LogP contribution in [0.4, 0.5) is 0 Å². The van der Waals surface area contributed by atoms with Crippen LogP contribution in [0.1, 0.15) is 50.5 Å². The standard InChI is InChI=1S/C23H33N3O2/c27-22(24-21-12-6-1-2-7-13-21)19-23(28)26-17-15-25(16-18-26)14-8-11-20-9-4-3-5-10-20/h3-5,8-11,21H,1-2,6-7,12-19H2,(H,24,27)/b11-8+. The number of carbonyl (C=O) groups is 2. The minimum atomic E-state index is -0.106. The van der Waals surface area contributed by atoms with Gasteiger partial charge in [0.2, 0.25) is 11.8 Å². The van der Waals surface area contributed by atoms with Gasteiger partial charge in [-0.05, 0) is 18.4 Å². The van der Waals surface area contributed by atoms with Gasteiger partial charge >= 0.3 is 0 Å². The van der Waals surface area contributed by atoms with Crippen molar-refractivity contribution in [2.24, 2.45) is 0 Å². The molecule has 2 amide bonds. The molecule has 1 aromatic rings. The number of carbonyl (C=O) groups excluding carboxylic acids is 2. The summed E-state index contributed by atoms with van der Waals surface area (Å²) in [6, 6.07) is 10.5. The van der Waals surface area contributed by atoms with E-state index < -0.39 is 0 Å². The molecule has 0 unspecified atom stereocenters. The summed E-state index contributed by atoms with van der Waals surface area (Å²) < 4.78 is 0. The summed E-state index contributed by atoms with van der Waals surface area (Å²) in [5, 5.41) is 3.08. The van der Waals surface area contributed by atoms with Gasteiger partial charge < -0.3 is 10.2 Å². The zero-order valence-electron chi connectivity index (χ0n) is 16.8. The van der Waals surface area contributed by atoms with Gasteiger partial charge in [0.1, 0.15) is 6.42 Å². The highest BCUT2D eigenvalue weighted by Crippen LogP contribution is 2.17. The Morgan fingerprint density at radius 3 is 2.32 bits per heavy atom. The zero-order valence-corrected chi connectivity index (χ0v) is 16.8. The van der Waals surface area contributed by atoms with E-state index in [-0.39, 0.29) is 24.3 Å². The first kappa shape index (κ1) is 20.6. The number of nitrogens with zero attached hydrogens (tertiary/aromatic N) is 2. The van der Waals surface area contributed by atoms with E-state index in [4.69, 9.17) is 0 Å². The summed E-state index contributed by atoms with van der Waals surface area (Å²) in [4.78, 5) is 28.9. The van der Waals surface area contributed by atoms with Gasteiger partial charge in [-0.3, -0.25) is 14.5 Å². The fraction of sp³-hybridized carbons (Fsp3) is 0.565. The second kappa shape index (κ2) is 11.0. The Morgan fingerprint density at radius 2 is 1.64 bits per heavy atom. The number of benzene rings is 1. The molecule has 1 aliphatic carbocycles. The van der Waals surface area contributed by atoms with Crippen molar-refractivity contribution in [1.82, 2.24) is 15.1 Å². The third-order valence-electron chi connectivity index (χ3n) is 5.73. The number of rotatable bonds is 6. The Bertz CT molecular complexity index is 643. The fourth-order valence-electron chi connectivity index (χ4n) is 4.03. The molecule has 1 aromatic carbocycles. The van der Waals surface area contributed by atoms with Crippen molar-refractivity contribution in [3.8, 4) is 0 Å². The molecule has 2 fully saturated rings. The summed E-state index contributed by atoms with van der Waals surface area (Å²) in [6.07, 6.45) is 11.3. The lowest BCUT2D eigenvalue weighted by molar-refractivity contribution is -0.137. The quantitative estimate of drug-likeness (QED) is 0.607. The molecule has 1 aliphatic heterocycles. The molecule has 28 heavy (non-hydrogen) atoms. The van der Waals surface area contributed by atoms with Gasteiger partial charge in [-0.15, -0.1) is 0 Å². The van der Waals surface area contributed by atoms with Crippen molar-refractivity contribution in [3.63, 3.8) is 0 Å². The first-order valence-corrected chi connectivity index (χ1v) is 10.7. The van der Waals surface area contributed by atoms with Crippen LogP contribution in [0.3, 0.4) is 0 Å². The fourth-order valence-corrected chi connectivity index (χ4v) is 4.03. The highest BCUT2D eigenvalue weighted by molar-refractivity contribution is 5.97. The van der Waals surface area contributed by atoms with Crippen LogP contribution >= 0.6 is 0 Å². The maximum Gasteiger partial charge on any atom is 0.232 e.